The first kappa shape index (κ1) is 22.9. The maximum Gasteiger partial charge on any atom is 0.243 e. The largest absolute Gasteiger partial charge is 0.493 e. The van der Waals surface area contributed by atoms with Crippen molar-refractivity contribution in [3.63, 3.8) is 0 Å². The van der Waals surface area contributed by atoms with Crippen molar-refractivity contribution in [3.8, 4) is 11.5 Å². The van der Waals surface area contributed by atoms with E-state index in [1.165, 1.54) is 58.0 Å². The van der Waals surface area contributed by atoms with Gasteiger partial charge in [0.15, 0.2) is 11.5 Å². The van der Waals surface area contributed by atoms with Crippen LogP contribution in [-0.4, -0.2) is 59.5 Å². The van der Waals surface area contributed by atoms with E-state index in [9.17, 15) is 13.2 Å². The first-order valence-corrected chi connectivity index (χ1v) is 11.6. The Morgan fingerprint density at radius 2 is 1.68 bits per heavy atom. The van der Waals surface area contributed by atoms with Crippen LogP contribution >= 0.6 is 0 Å². The van der Waals surface area contributed by atoms with Crippen molar-refractivity contribution >= 4 is 21.6 Å². The third kappa shape index (κ3) is 5.48. The summed E-state index contributed by atoms with van der Waals surface area (Å²) in [6.07, 6.45) is 2.44. The van der Waals surface area contributed by atoms with Crippen molar-refractivity contribution in [3.05, 3.63) is 48.0 Å². The minimum absolute atomic E-state index is 0.0259. The quantitative estimate of drug-likeness (QED) is 0.634. The Balaban J connectivity index is 1.57. The number of ether oxygens (including phenoxy) is 2. The molecule has 3 rings (SSSR count). The van der Waals surface area contributed by atoms with Gasteiger partial charge >= 0.3 is 0 Å². The fourth-order valence-corrected chi connectivity index (χ4v) is 4.64. The van der Waals surface area contributed by atoms with Crippen molar-refractivity contribution in [2.75, 3.05) is 45.8 Å². The molecular formula is C22H29N3O5S. The van der Waals surface area contributed by atoms with Gasteiger partial charge in [-0.1, -0.05) is 12.1 Å². The van der Waals surface area contributed by atoms with Gasteiger partial charge in [0, 0.05) is 38.4 Å². The molecule has 1 aliphatic heterocycles. The van der Waals surface area contributed by atoms with Crippen LogP contribution in [0, 0.1) is 0 Å². The lowest BCUT2D eigenvalue weighted by molar-refractivity contribution is -0.121. The predicted octanol–water partition coefficient (Wildman–Crippen LogP) is 2.24. The zero-order chi connectivity index (χ0) is 22.4. The van der Waals surface area contributed by atoms with E-state index in [4.69, 9.17) is 9.47 Å². The Kier molecular flexibility index (Phi) is 7.40. The van der Waals surface area contributed by atoms with Crippen molar-refractivity contribution < 1.29 is 22.7 Å². The summed E-state index contributed by atoms with van der Waals surface area (Å²) in [7, 11) is 0.422. The molecule has 168 valence electrons. The normalized spacial score (nSPS) is 14.0. The van der Waals surface area contributed by atoms with E-state index in [0.29, 0.717) is 18.0 Å². The number of hydrogen-bond acceptors (Lipinski definition) is 6. The zero-order valence-electron chi connectivity index (χ0n) is 18.1. The molecule has 0 bridgehead atoms. The molecule has 1 fully saturated rings. The van der Waals surface area contributed by atoms with Crippen molar-refractivity contribution in [2.24, 2.45) is 0 Å². The second-order valence-corrected chi connectivity index (χ2v) is 9.46. The highest BCUT2D eigenvalue weighted by molar-refractivity contribution is 7.89. The minimum atomic E-state index is -3.86. The fourth-order valence-electron chi connectivity index (χ4n) is 3.50. The lowest BCUT2D eigenvalue weighted by Gasteiger charge is -2.19. The Labute approximate surface area is 183 Å². The second kappa shape index (κ2) is 10.0. The second-order valence-electron chi connectivity index (χ2n) is 7.42. The summed E-state index contributed by atoms with van der Waals surface area (Å²) in [5.74, 6) is 0.353. The van der Waals surface area contributed by atoms with Gasteiger partial charge in [-0.05, 0) is 42.7 Å². The molecule has 0 unspecified atom stereocenters. The van der Waals surface area contributed by atoms with Crippen LogP contribution in [-0.2, 0) is 21.4 Å². The van der Waals surface area contributed by atoms with Gasteiger partial charge in [-0.15, -0.1) is 0 Å². The molecule has 0 spiro atoms. The van der Waals surface area contributed by atoms with Gasteiger partial charge in [0.2, 0.25) is 15.9 Å². The van der Waals surface area contributed by atoms with Crippen LogP contribution in [0.25, 0.3) is 0 Å². The smallest absolute Gasteiger partial charge is 0.243 e. The number of amides is 1. The van der Waals surface area contributed by atoms with Gasteiger partial charge in [0.05, 0.1) is 25.7 Å². The number of benzene rings is 2. The predicted molar refractivity (Wildman–Crippen MR) is 119 cm³/mol. The summed E-state index contributed by atoms with van der Waals surface area (Å²) >= 11 is 0. The zero-order valence-corrected chi connectivity index (χ0v) is 18.9. The number of methoxy groups -OCH3 is 2. The third-order valence-corrected chi connectivity index (χ3v) is 7.13. The summed E-state index contributed by atoms with van der Waals surface area (Å²) in [4.78, 5) is 14.7. The van der Waals surface area contributed by atoms with Crippen LogP contribution in [0.2, 0.25) is 0 Å². The first-order chi connectivity index (χ1) is 14.8. The van der Waals surface area contributed by atoms with Crippen LogP contribution in [0.5, 0.6) is 11.5 Å². The molecule has 1 saturated heterocycles. The molecule has 2 aromatic rings. The number of rotatable bonds is 9. The van der Waals surface area contributed by atoms with E-state index < -0.39 is 10.0 Å². The van der Waals surface area contributed by atoms with Crippen molar-refractivity contribution in [1.82, 2.24) is 9.62 Å². The van der Waals surface area contributed by atoms with E-state index in [1.807, 2.05) is 12.1 Å². The maximum absolute atomic E-state index is 12.8. The highest BCUT2D eigenvalue weighted by Crippen LogP contribution is 2.30. The van der Waals surface area contributed by atoms with Gasteiger partial charge in [0.1, 0.15) is 0 Å². The van der Waals surface area contributed by atoms with Crippen LogP contribution in [0.1, 0.15) is 18.4 Å². The standard InChI is InChI=1S/C22H29N3O5S/c1-24(31(27,28)19-10-11-20(29-2)21(14-19)30-3)16-22(26)23-15-17-6-8-18(9-7-17)25-12-4-5-13-25/h6-11,14H,4-5,12-13,15-16H2,1-3H3,(H,23,26). The molecule has 0 saturated carbocycles. The van der Waals surface area contributed by atoms with Crippen LogP contribution < -0.4 is 19.7 Å². The van der Waals surface area contributed by atoms with Gasteiger partial charge in [-0.2, -0.15) is 4.31 Å². The Morgan fingerprint density at radius 1 is 1.03 bits per heavy atom. The molecule has 31 heavy (non-hydrogen) atoms. The minimum Gasteiger partial charge on any atom is -0.493 e. The Bertz CT molecular complexity index is 1000. The third-order valence-electron chi connectivity index (χ3n) is 5.33. The number of nitrogens with zero attached hydrogens (tertiary/aromatic N) is 2. The van der Waals surface area contributed by atoms with E-state index in [1.54, 1.807) is 0 Å². The van der Waals surface area contributed by atoms with Gasteiger partial charge in [-0.25, -0.2) is 8.42 Å². The summed E-state index contributed by atoms with van der Waals surface area (Å²) in [6, 6.07) is 12.4. The number of anilines is 1. The van der Waals surface area contributed by atoms with E-state index in [0.717, 1.165) is 23.0 Å². The Morgan fingerprint density at radius 3 is 2.29 bits per heavy atom. The summed E-state index contributed by atoms with van der Waals surface area (Å²) in [6.45, 7) is 2.21. The number of carbonyl (C=O) groups is 1. The molecule has 0 atom stereocenters. The first-order valence-electron chi connectivity index (χ1n) is 10.1. The van der Waals surface area contributed by atoms with E-state index in [-0.39, 0.29) is 17.3 Å². The maximum atomic E-state index is 12.8. The fraction of sp³-hybridized carbons (Fsp3) is 0.409. The summed E-state index contributed by atoms with van der Waals surface area (Å²) in [5.41, 5.74) is 2.15. The Hall–Kier alpha value is -2.78. The molecule has 8 nitrogen and oxygen atoms in total. The number of likely N-dealkylation sites (N-methyl/N-ethyl adjacent to an activating group) is 1. The highest BCUT2D eigenvalue weighted by Gasteiger charge is 2.24. The molecule has 0 radical (unpaired) electrons. The van der Waals surface area contributed by atoms with E-state index in [2.05, 4.69) is 22.3 Å². The molecule has 0 aromatic heterocycles. The highest BCUT2D eigenvalue weighted by atomic mass is 32.2. The average molecular weight is 448 g/mol. The van der Waals surface area contributed by atoms with Crippen LogP contribution in [0.3, 0.4) is 0 Å². The number of hydrogen-bond donors (Lipinski definition) is 1. The van der Waals surface area contributed by atoms with Crippen molar-refractivity contribution in [2.45, 2.75) is 24.3 Å². The average Bonchev–Trinajstić information content (AvgIpc) is 3.32. The lowest BCUT2D eigenvalue weighted by atomic mass is 10.2. The SMILES string of the molecule is COc1ccc(S(=O)(=O)N(C)CC(=O)NCc2ccc(N3CCCC3)cc2)cc1OC. The van der Waals surface area contributed by atoms with Gasteiger partial charge < -0.3 is 19.7 Å². The molecule has 1 N–H and O–H groups in total. The molecule has 9 heteroatoms. The number of nitrogens with one attached hydrogen (secondary N) is 1. The van der Waals surface area contributed by atoms with Crippen molar-refractivity contribution in [1.29, 1.82) is 0 Å². The van der Waals surface area contributed by atoms with Gasteiger partial charge in [-0.3, -0.25) is 4.79 Å². The molecule has 0 aliphatic carbocycles. The topological polar surface area (TPSA) is 88.2 Å². The molecule has 2 aromatic carbocycles. The monoisotopic (exact) mass is 447 g/mol. The number of carbonyl (C=O) groups excluding carboxylic acids is 1. The number of sulfonamides is 1. The molecule has 1 aliphatic rings. The van der Waals surface area contributed by atoms with Crippen LogP contribution in [0.4, 0.5) is 5.69 Å². The molecule has 1 amide bonds. The van der Waals surface area contributed by atoms with Crippen LogP contribution in [0.15, 0.2) is 47.4 Å². The van der Waals surface area contributed by atoms with E-state index >= 15 is 0 Å². The molecular weight excluding hydrogens is 418 g/mol. The summed E-state index contributed by atoms with van der Waals surface area (Å²) < 4.78 is 37.0. The summed E-state index contributed by atoms with van der Waals surface area (Å²) in [5, 5.41) is 2.78. The van der Waals surface area contributed by atoms with Gasteiger partial charge in [0.25, 0.3) is 0 Å². The lowest BCUT2D eigenvalue weighted by Crippen LogP contribution is -2.38. The molecule has 1 heterocycles.